The summed E-state index contributed by atoms with van der Waals surface area (Å²) in [5.74, 6) is -0.838. The minimum absolute atomic E-state index is 0.0149. The van der Waals surface area contributed by atoms with Crippen molar-refractivity contribution in [3.8, 4) is 0 Å². The van der Waals surface area contributed by atoms with Crippen LogP contribution in [0.25, 0.3) is 0 Å². The van der Waals surface area contributed by atoms with Crippen LogP contribution in [0.1, 0.15) is 63.1 Å². The fourth-order valence-corrected chi connectivity index (χ4v) is 5.73. The Bertz CT molecular complexity index is 1070. The molecule has 2 aromatic rings. The minimum atomic E-state index is -3.77. The van der Waals surface area contributed by atoms with Crippen LogP contribution in [0.15, 0.2) is 53.4 Å². The molecule has 0 heterocycles. The van der Waals surface area contributed by atoms with Gasteiger partial charge >= 0.3 is 5.97 Å². The van der Waals surface area contributed by atoms with Gasteiger partial charge in [-0.3, -0.25) is 4.79 Å². The third-order valence-corrected chi connectivity index (χ3v) is 8.37. The normalized spacial score (nSPS) is 13.2. The van der Waals surface area contributed by atoms with Crippen molar-refractivity contribution in [3.63, 3.8) is 0 Å². The molecule has 3 N–H and O–H groups in total. The number of benzene rings is 2. The average Bonchev–Trinajstić information content (AvgIpc) is 2.83. The molecule has 0 radical (unpaired) electrons. The van der Waals surface area contributed by atoms with Gasteiger partial charge in [-0.25, -0.2) is 8.42 Å². The molecule has 0 aromatic heterocycles. The predicted octanol–water partition coefficient (Wildman–Crippen LogP) is 4.03. The number of likely N-dealkylation sites (N-methyl/N-ethyl adjacent to an activating group) is 1. The van der Waals surface area contributed by atoms with Crippen LogP contribution < -0.4 is 5.32 Å². The molecule has 0 saturated heterocycles. The summed E-state index contributed by atoms with van der Waals surface area (Å²) in [5, 5.41) is 22.8. The lowest BCUT2D eigenvalue weighted by Gasteiger charge is -2.29. The molecule has 0 bridgehead atoms. The molecular formula is C28H42N2O5S. The zero-order chi connectivity index (χ0) is 26.8. The maximum atomic E-state index is 13.3. The van der Waals surface area contributed by atoms with Gasteiger partial charge < -0.3 is 15.5 Å². The van der Waals surface area contributed by atoms with Crippen molar-refractivity contribution in [2.24, 2.45) is 0 Å². The number of aliphatic hydroxyl groups excluding tert-OH is 1. The lowest BCUT2D eigenvalue weighted by Crippen LogP contribution is -2.46. The predicted molar refractivity (Wildman–Crippen MR) is 144 cm³/mol. The zero-order valence-corrected chi connectivity index (χ0v) is 22.9. The fourth-order valence-electron chi connectivity index (χ4n) is 4.25. The Balaban J connectivity index is 1.90. The Morgan fingerprint density at radius 2 is 1.72 bits per heavy atom. The number of aliphatic carboxylic acids is 1. The number of hydrogen-bond acceptors (Lipinski definition) is 5. The second-order valence-corrected chi connectivity index (χ2v) is 12.1. The van der Waals surface area contributed by atoms with Crippen molar-refractivity contribution >= 4 is 16.0 Å². The molecule has 2 rings (SSSR count). The van der Waals surface area contributed by atoms with Crippen LogP contribution in [0.4, 0.5) is 0 Å². The summed E-state index contributed by atoms with van der Waals surface area (Å²) in [5.41, 5.74) is 2.74. The molecule has 0 fully saturated rings. The van der Waals surface area contributed by atoms with E-state index in [-0.39, 0.29) is 23.4 Å². The van der Waals surface area contributed by atoms with Crippen LogP contribution in [-0.2, 0) is 34.1 Å². The van der Waals surface area contributed by atoms with Crippen molar-refractivity contribution in [3.05, 3.63) is 65.2 Å². The van der Waals surface area contributed by atoms with E-state index in [0.717, 1.165) is 24.8 Å². The third kappa shape index (κ3) is 9.65. The zero-order valence-electron chi connectivity index (χ0n) is 22.0. The highest BCUT2D eigenvalue weighted by Crippen LogP contribution is 2.23. The van der Waals surface area contributed by atoms with Crippen LogP contribution in [0.2, 0.25) is 0 Å². The molecule has 0 amide bonds. The van der Waals surface area contributed by atoms with Gasteiger partial charge in [-0.05, 0) is 75.1 Å². The number of carboxylic acid groups (broad SMARTS) is 1. The third-order valence-electron chi connectivity index (χ3n) is 6.44. The molecule has 36 heavy (non-hydrogen) atoms. The smallest absolute Gasteiger partial charge is 0.303 e. The second-order valence-electron chi connectivity index (χ2n) is 10.1. The van der Waals surface area contributed by atoms with Gasteiger partial charge in [-0.15, -0.1) is 0 Å². The van der Waals surface area contributed by atoms with Crippen LogP contribution in [0, 0.1) is 0 Å². The molecule has 7 nitrogen and oxygen atoms in total. The van der Waals surface area contributed by atoms with Crippen LogP contribution >= 0.6 is 0 Å². The summed E-state index contributed by atoms with van der Waals surface area (Å²) in [6.07, 6.45) is 3.80. The Labute approximate surface area is 216 Å². The van der Waals surface area contributed by atoms with E-state index in [9.17, 15) is 18.3 Å². The first-order valence-corrected chi connectivity index (χ1v) is 14.2. The summed E-state index contributed by atoms with van der Waals surface area (Å²) >= 11 is 0. The Morgan fingerprint density at radius 1 is 1.06 bits per heavy atom. The highest BCUT2D eigenvalue weighted by atomic mass is 32.2. The van der Waals surface area contributed by atoms with E-state index in [1.807, 2.05) is 31.2 Å². The van der Waals surface area contributed by atoms with Crippen LogP contribution in [0.5, 0.6) is 0 Å². The van der Waals surface area contributed by atoms with Gasteiger partial charge in [0, 0.05) is 32.1 Å². The first-order chi connectivity index (χ1) is 16.9. The minimum Gasteiger partial charge on any atom is -0.481 e. The van der Waals surface area contributed by atoms with E-state index in [0.29, 0.717) is 31.4 Å². The van der Waals surface area contributed by atoms with E-state index in [2.05, 4.69) is 31.3 Å². The SMILES string of the molecule is CCc1cc(CCCC(=O)O)ccc1S(=O)(=O)N(C)CC(O)CNC(C)(C)CCCc1ccccc1. The maximum absolute atomic E-state index is 13.3. The van der Waals surface area contributed by atoms with E-state index in [4.69, 9.17) is 5.11 Å². The van der Waals surface area contributed by atoms with E-state index in [1.165, 1.54) is 16.9 Å². The number of hydrogen-bond donors (Lipinski definition) is 3. The van der Waals surface area contributed by atoms with Gasteiger partial charge in [-0.1, -0.05) is 49.4 Å². The number of rotatable bonds is 16. The largest absolute Gasteiger partial charge is 0.481 e. The summed E-state index contributed by atoms with van der Waals surface area (Å²) in [6.45, 7) is 6.36. The van der Waals surface area contributed by atoms with Crippen LogP contribution in [-0.4, -0.2) is 60.7 Å². The Kier molecular flexibility index (Phi) is 11.6. The van der Waals surface area contributed by atoms with Gasteiger partial charge in [0.25, 0.3) is 0 Å². The first-order valence-electron chi connectivity index (χ1n) is 12.7. The molecule has 0 saturated carbocycles. The molecule has 0 aliphatic carbocycles. The molecule has 8 heteroatoms. The first kappa shape index (κ1) is 30.0. The summed E-state index contributed by atoms with van der Waals surface area (Å²) < 4.78 is 27.7. The lowest BCUT2D eigenvalue weighted by atomic mass is 9.95. The standard InChI is InChI=1S/C28H42N2O5S/c1-5-24-19-23(13-9-15-27(32)33)16-17-26(24)36(34,35)30(4)21-25(31)20-29-28(2,3)18-10-14-22-11-7-6-8-12-22/h6-8,11-12,16-17,19,25,29,31H,5,9-10,13-15,18,20-21H2,1-4H3,(H,32,33). The Hall–Kier alpha value is -2.26. The van der Waals surface area contributed by atoms with Gasteiger partial charge in [0.15, 0.2) is 0 Å². The van der Waals surface area contributed by atoms with E-state index in [1.54, 1.807) is 12.1 Å². The second kappa shape index (κ2) is 13.9. The van der Waals surface area contributed by atoms with Gasteiger partial charge in [0.1, 0.15) is 0 Å². The number of nitrogens with zero attached hydrogens (tertiary/aromatic N) is 1. The Morgan fingerprint density at radius 3 is 2.36 bits per heavy atom. The van der Waals surface area contributed by atoms with Gasteiger partial charge in [0.2, 0.25) is 10.0 Å². The molecule has 200 valence electrons. The van der Waals surface area contributed by atoms with Crippen molar-refractivity contribution in [2.75, 3.05) is 20.1 Å². The number of carbonyl (C=O) groups is 1. The van der Waals surface area contributed by atoms with Gasteiger partial charge in [-0.2, -0.15) is 4.31 Å². The highest BCUT2D eigenvalue weighted by Gasteiger charge is 2.26. The highest BCUT2D eigenvalue weighted by molar-refractivity contribution is 7.89. The molecule has 1 unspecified atom stereocenters. The number of nitrogens with one attached hydrogen (secondary N) is 1. The fraction of sp³-hybridized carbons (Fsp3) is 0.536. The number of β-amino-alcohol motifs (C(OH)–C–C–N with tert-alkyl or cyclic N) is 1. The maximum Gasteiger partial charge on any atom is 0.303 e. The quantitative estimate of drug-likeness (QED) is 0.310. The summed E-state index contributed by atoms with van der Waals surface area (Å²) in [7, 11) is -2.28. The van der Waals surface area contributed by atoms with Gasteiger partial charge in [0.05, 0.1) is 11.0 Å². The summed E-state index contributed by atoms with van der Waals surface area (Å²) in [6, 6.07) is 15.5. The monoisotopic (exact) mass is 518 g/mol. The molecule has 0 aliphatic heterocycles. The molecule has 2 aromatic carbocycles. The number of aryl methyl sites for hydroxylation is 3. The molecule has 0 spiro atoms. The van der Waals surface area contributed by atoms with Crippen molar-refractivity contribution in [2.45, 2.75) is 82.3 Å². The van der Waals surface area contributed by atoms with Crippen molar-refractivity contribution < 1.29 is 23.4 Å². The van der Waals surface area contributed by atoms with Crippen molar-refractivity contribution in [1.82, 2.24) is 9.62 Å². The van der Waals surface area contributed by atoms with Crippen LogP contribution in [0.3, 0.4) is 0 Å². The molecule has 1 atom stereocenters. The number of carboxylic acids is 1. The summed E-state index contributed by atoms with van der Waals surface area (Å²) in [4.78, 5) is 11.0. The lowest BCUT2D eigenvalue weighted by molar-refractivity contribution is -0.137. The topological polar surface area (TPSA) is 107 Å². The molecular weight excluding hydrogens is 476 g/mol. The number of sulfonamides is 1. The van der Waals surface area contributed by atoms with Crippen molar-refractivity contribution in [1.29, 1.82) is 0 Å². The van der Waals surface area contributed by atoms with E-state index < -0.39 is 22.1 Å². The number of aliphatic hydroxyl groups is 1. The van der Waals surface area contributed by atoms with E-state index >= 15 is 0 Å². The molecule has 0 aliphatic rings. The average molecular weight is 519 g/mol.